The van der Waals surface area contributed by atoms with Crippen molar-refractivity contribution in [2.45, 2.75) is 26.7 Å². The highest BCUT2D eigenvalue weighted by Crippen LogP contribution is 2.20. The summed E-state index contributed by atoms with van der Waals surface area (Å²) >= 11 is 0. The molecule has 0 unspecified atom stereocenters. The van der Waals surface area contributed by atoms with Crippen LogP contribution in [0.15, 0.2) is 60.7 Å². The van der Waals surface area contributed by atoms with Crippen LogP contribution in [0.1, 0.15) is 35.7 Å². The number of hydrogen-bond donors (Lipinski definition) is 0. The highest BCUT2D eigenvalue weighted by atomic mass is 19.1. The van der Waals surface area contributed by atoms with Gasteiger partial charge in [-0.15, -0.1) is 10.2 Å². The molecule has 0 bridgehead atoms. The van der Waals surface area contributed by atoms with Gasteiger partial charge in [0.2, 0.25) is 5.91 Å². The average Bonchev–Trinajstić information content (AvgIpc) is 3.16. The summed E-state index contributed by atoms with van der Waals surface area (Å²) in [6.07, 6.45) is 1.53. The van der Waals surface area contributed by atoms with Gasteiger partial charge in [-0.1, -0.05) is 36.8 Å². The van der Waals surface area contributed by atoms with E-state index in [0.717, 1.165) is 36.5 Å². The quantitative estimate of drug-likeness (QED) is 0.498. The Morgan fingerprint density at radius 2 is 1.67 bits per heavy atom. The lowest BCUT2D eigenvalue weighted by atomic mass is 10.1. The van der Waals surface area contributed by atoms with E-state index >= 15 is 0 Å². The third-order valence-corrected chi connectivity index (χ3v) is 6.37. The van der Waals surface area contributed by atoms with Gasteiger partial charge in [0, 0.05) is 43.9 Å². The first-order chi connectivity index (χ1) is 17.4. The predicted octanol–water partition coefficient (Wildman–Crippen LogP) is 4.18. The third-order valence-electron chi connectivity index (χ3n) is 6.37. The zero-order valence-corrected chi connectivity index (χ0v) is 20.9. The molecule has 8 heteroatoms. The molecule has 1 saturated heterocycles. The summed E-state index contributed by atoms with van der Waals surface area (Å²) in [5.41, 5.74) is 3.43. The molecule has 3 aromatic rings. The first-order valence-electron chi connectivity index (χ1n) is 12.4. The number of halogens is 1. The molecule has 0 saturated carbocycles. The number of nitrogens with zero attached hydrogens (tertiary/aromatic N) is 5. The molecule has 1 aromatic heterocycles. The summed E-state index contributed by atoms with van der Waals surface area (Å²) < 4.78 is 13.3. The van der Waals surface area contributed by atoms with Crippen LogP contribution in [0.5, 0.6) is 0 Å². The molecule has 4 rings (SSSR count). The van der Waals surface area contributed by atoms with E-state index in [1.54, 1.807) is 4.90 Å². The molecule has 1 aliphatic heterocycles. The smallest absolute Gasteiger partial charge is 0.254 e. The Morgan fingerprint density at radius 1 is 0.917 bits per heavy atom. The van der Waals surface area contributed by atoms with Crippen LogP contribution in [0.3, 0.4) is 0 Å². The number of hydrogen-bond acceptors (Lipinski definition) is 5. The number of carbonyl (C=O) groups excluding carboxylic acids is 2. The van der Waals surface area contributed by atoms with Crippen molar-refractivity contribution in [2.75, 3.05) is 44.2 Å². The second-order valence-corrected chi connectivity index (χ2v) is 9.10. The number of aromatic nitrogens is 2. The van der Waals surface area contributed by atoms with Crippen LogP contribution in [-0.2, 0) is 4.79 Å². The van der Waals surface area contributed by atoms with Crippen molar-refractivity contribution in [3.05, 3.63) is 77.6 Å². The Balaban J connectivity index is 1.36. The van der Waals surface area contributed by atoms with Gasteiger partial charge in [-0.2, -0.15) is 0 Å². The van der Waals surface area contributed by atoms with Gasteiger partial charge in [0.25, 0.3) is 5.91 Å². The summed E-state index contributed by atoms with van der Waals surface area (Å²) in [5.74, 6) is 0.0553. The molecule has 1 aliphatic rings. The van der Waals surface area contributed by atoms with Crippen molar-refractivity contribution >= 4 is 17.6 Å². The summed E-state index contributed by atoms with van der Waals surface area (Å²) in [4.78, 5) is 31.6. The Bertz CT molecular complexity index is 1170. The molecule has 2 heterocycles. The SMILES string of the molecule is CCCN(CC(=O)N1CCCN(c2ccc(-c3ccc(C)cc3)nn2)CC1)C(=O)c1ccc(F)cc1. The fourth-order valence-electron chi connectivity index (χ4n) is 4.33. The van der Waals surface area contributed by atoms with Crippen LogP contribution in [0.25, 0.3) is 11.3 Å². The van der Waals surface area contributed by atoms with Crippen LogP contribution in [0, 0.1) is 12.7 Å². The van der Waals surface area contributed by atoms with E-state index in [1.165, 1.54) is 29.8 Å². The fourth-order valence-corrected chi connectivity index (χ4v) is 4.33. The van der Waals surface area contributed by atoms with Crippen molar-refractivity contribution in [1.82, 2.24) is 20.0 Å². The molecular formula is C28H32FN5O2. The van der Waals surface area contributed by atoms with E-state index in [1.807, 2.05) is 36.1 Å². The van der Waals surface area contributed by atoms with E-state index in [4.69, 9.17) is 0 Å². The van der Waals surface area contributed by atoms with Gasteiger partial charge in [0.1, 0.15) is 12.4 Å². The molecule has 188 valence electrons. The summed E-state index contributed by atoms with van der Waals surface area (Å²) in [6, 6.07) is 17.6. The lowest BCUT2D eigenvalue weighted by molar-refractivity contribution is -0.131. The average molecular weight is 490 g/mol. The van der Waals surface area contributed by atoms with E-state index in [0.29, 0.717) is 31.7 Å². The molecule has 2 amide bonds. The van der Waals surface area contributed by atoms with Crippen LogP contribution in [0.4, 0.5) is 10.2 Å². The Kier molecular flexibility index (Phi) is 8.25. The third kappa shape index (κ3) is 6.24. The van der Waals surface area contributed by atoms with E-state index in [-0.39, 0.29) is 18.4 Å². The monoisotopic (exact) mass is 489 g/mol. The maximum Gasteiger partial charge on any atom is 0.254 e. The fraction of sp³-hybridized carbons (Fsp3) is 0.357. The maximum atomic E-state index is 13.3. The molecule has 2 aromatic carbocycles. The second kappa shape index (κ2) is 11.7. The maximum absolute atomic E-state index is 13.3. The van der Waals surface area contributed by atoms with E-state index < -0.39 is 5.82 Å². The highest BCUT2D eigenvalue weighted by molar-refractivity contribution is 5.96. The Hall–Kier alpha value is -3.81. The van der Waals surface area contributed by atoms with E-state index in [2.05, 4.69) is 34.2 Å². The minimum Gasteiger partial charge on any atom is -0.353 e. The summed E-state index contributed by atoms with van der Waals surface area (Å²) in [6.45, 7) is 7.07. The number of aryl methyl sites for hydroxylation is 1. The first kappa shape index (κ1) is 25.3. The van der Waals surface area contributed by atoms with Gasteiger partial charge in [0.05, 0.1) is 5.69 Å². The standard InChI is InChI=1S/C28H32FN5O2/c1-3-15-34(28(36)23-9-11-24(29)12-10-23)20-27(35)33-17-4-16-32(18-19-33)26-14-13-25(30-31-26)22-7-5-21(2)6-8-22/h5-14H,3-4,15-20H2,1-2H3. The number of benzene rings is 2. The van der Waals surface area contributed by atoms with Crippen LogP contribution >= 0.6 is 0 Å². The van der Waals surface area contributed by atoms with Gasteiger partial charge in [0.15, 0.2) is 5.82 Å². The number of rotatable bonds is 7. The first-order valence-corrected chi connectivity index (χ1v) is 12.4. The van der Waals surface area contributed by atoms with Gasteiger partial charge >= 0.3 is 0 Å². The van der Waals surface area contributed by atoms with Crippen molar-refractivity contribution in [1.29, 1.82) is 0 Å². The molecule has 7 nitrogen and oxygen atoms in total. The van der Waals surface area contributed by atoms with Crippen LogP contribution in [-0.4, -0.2) is 71.1 Å². The van der Waals surface area contributed by atoms with Crippen LogP contribution in [0.2, 0.25) is 0 Å². The topological polar surface area (TPSA) is 69.6 Å². The number of anilines is 1. The highest BCUT2D eigenvalue weighted by Gasteiger charge is 2.24. The predicted molar refractivity (Wildman–Crippen MR) is 138 cm³/mol. The van der Waals surface area contributed by atoms with Gasteiger partial charge in [-0.05, 0) is 56.2 Å². The molecule has 1 fully saturated rings. The minimum atomic E-state index is -0.395. The van der Waals surface area contributed by atoms with Crippen molar-refractivity contribution in [2.24, 2.45) is 0 Å². The zero-order chi connectivity index (χ0) is 25.5. The molecule has 0 N–H and O–H groups in total. The van der Waals surface area contributed by atoms with E-state index in [9.17, 15) is 14.0 Å². The van der Waals surface area contributed by atoms with Crippen molar-refractivity contribution < 1.29 is 14.0 Å². The Morgan fingerprint density at radius 3 is 2.33 bits per heavy atom. The Labute approximate surface area is 211 Å². The van der Waals surface area contributed by atoms with Crippen molar-refractivity contribution in [3.63, 3.8) is 0 Å². The number of carbonyl (C=O) groups is 2. The lowest BCUT2D eigenvalue weighted by Crippen LogP contribution is -2.44. The molecular weight excluding hydrogens is 457 g/mol. The largest absolute Gasteiger partial charge is 0.353 e. The van der Waals surface area contributed by atoms with Gasteiger partial charge < -0.3 is 14.7 Å². The van der Waals surface area contributed by atoms with Gasteiger partial charge in [-0.25, -0.2) is 4.39 Å². The zero-order valence-electron chi connectivity index (χ0n) is 20.9. The van der Waals surface area contributed by atoms with Gasteiger partial charge in [-0.3, -0.25) is 9.59 Å². The van der Waals surface area contributed by atoms with Crippen LogP contribution < -0.4 is 4.90 Å². The molecule has 0 aliphatic carbocycles. The molecule has 0 atom stereocenters. The summed E-state index contributed by atoms with van der Waals surface area (Å²) in [5, 5.41) is 8.85. The lowest BCUT2D eigenvalue weighted by Gasteiger charge is -2.27. The minimum absolute atomic E-state index is 0.00903. The number of amides is 2. The second-order valence-electron chi connectivity index (χ2n) is 9.10. The molecule has 0 radical (unpaired) electrons. The normalized spacial score (nSPS) is 13.9. The molecule has 36 heavy (non-hydrogen) atoms. The van der Waals surface area contributed by atoms with Crippen molar-refractivity contribution in [3.8, 4) is 11.3 Å². The molecule has 0 spiro atoms. The summed E-state index contributed by atoms with van der Waals surface area (Å²) in [7, 11) is 0.